The highest BCUT2D eigenvalue weighted by atomic mass is 16.5. The molecular weight excluding hydrogens is 294 g/mol. The van der Waals surface area contributed by atoms with Gasteiger partial charge in [-0.2, -0.15) is 20.7 Å². The zero-order valence-electron chi connectivity index (χ0n) is 12.8. The molecule has 1 saturated heterocycles. The SMILES string of the molecule is N#Cc1ccc(OCCN2CCC[C@@](O)(c3cn[nH]n3)C2)cc1. The van der Waals surface area contributed by atoms with E-state index in [-0.39, 0.29) is 0 Å². The molecule has 1 atom stereocenters. The van der Waals surface area contributed by atoms with Crippen LogP contribution in [0.4, 0.5) is 0 Å². The molecule has 2 heterocycles. The van der Waals surface area contributed by atoms with Gasteiger partial charge in [0.05, 0.1) is 17.8 Å². The van der Waals surface area contributed by atoms with Crippen molar-refractivity contribution in [2.24, 2.45) is 0 Å². The van der Waals surface area contributed by atoms with E-state index in [1.807, 2.05) is 0 Å². The fraction of sp³-hybridized carbons (Fsp3) is 0.438. The topological polar surface area (TPSA) is 98.1 Å². The van der Waals surface area contributed by atoms with Crippen LogP contribution in [0, 0.1) is 11.3 Å². The van der Waals surface area contributed by atoms with Crippen LogP contribution in [0.15, 0.2) is 30.5 Å². The molecule has 7 heteroatoms. The van der Waals surface area contributed by atoms with Crippen LogP contribution in [-0.4, -0.2) is 51.7 Å². The smallest absolute Gasteiger partial charge is 0.123 e. The number of likely N-dealkylation sites (tertiary alicyclic amines) is 1. The third-order valence-corrected chi connectivity index (χ3v) is 4.10. The predicted molar refractivity (Wildman–Crippen MR) is 82.6 cm³/mol. The number of β-amino-alcohol motifs (C(OH)–C–C–N with tert-alkyl or cyclic N) is 1. The molecule has 1 aromatic heterocycles. The number of hydrogen-bond acceptors (Lipinski definition) is 6. The summed E-state index contributed by atoms with van der Waals surface area (Å²) < 4.78 is 5.70. The minimum absolute atomic E-state index is 0.524. The van der Waals surface area contributed by atoms with Crippen LogP contribution in [0.1, 0.15) is 24.1 Å². The van der Waals surface area contributed by atoms with Crippen molar-refractivity contribution in [1.82, 2.24) is 20.3 Å². The Labute approximate surface area is 134 Å². The van der Waals surface area contributed by atoms with Crippen molar-refractivity contribution in [3.05, 3.63) is 41.7 Å². The molecule has 0 amide bonds. The number of benzene rings is 1. The van der Waals surface area contributed by atoms with E-state index in [1.54, 1.807) is 30.5 Å². The number of H-pyrrole nitrogens is 1. The largest absolute Gasteiger partial charge is 0.492 e. The van der Waals surface area contributed by atoms with E-state index in [0.717, 1.165) is 25.3 Å². The summed E-state index contributed by atoms with van der Waals surface area (Å²) in [6.07, 6.45) is 3.17. The van der Waals surface area contributed by atoms with E-state index >= 15 is 0 Å². The Morgan fingerprint density at radius 2 is 2.22 bits per heavy atom. The number of aromatic amines is 1. The van der Waals surface area contributed by atoms with Crippen molar-refractivity contribution in [2.75, 3.05) is 26.2 Å². The van der Waals surface area contributed by atoms with Crippen molar-refractivity contribution in [3.63, 3.8) is 0 Å². The zero-order chi connectivity index (χ0) is 16.1. The lowest BCUT2D eigenvalue weighted by atomic mass is 9.90. The molecule has 2 aromatic rings. The van der Waals surface area contributed by atoms with Gasteiger partial charge in [-0.25, -0.2) is 0 Å². The number of aromatic nitrogens is 3. The number of piperidine rings is 1. The summed E-state index contributed by atoms with van der Waals surface area (Å²) in [5.74, 6) is 0.743. The predicted octanol–water partition coefficient (Wildman–Crippen LogP) is 1.04. The Hall–Kier alpha value is -2.43. The molecule has 120 valence electrons. The minimum Gasteiger partial charge on any atom is -0.492 e. The van der Waals surface area contributed by atoms with Gasteiger partial charge in [0.1, 0.15) is 23.7 Å². The maximum absolute atomic E-state index is 10.7. The van der Waals surface area contributed by atoms with Gasteiger partial charge in [-0.15, -0.1) is 0 Å². The van der Waals surface area contributed by atoms with Crippen LogP contribution < -0.4 is 4.74 Å². The van der Waals surface area contributed by atoms with Crippen LogP contribution in [0.5, 0.6) is 5.75 Å². The normalized spacial score (nSPS) is 21.7. The van der Waals surface area contributed by atoms with Crippen molar-refractivity contribution in [3.8, 4) is 11.8 Å². The molecule has 0 unspecified atom stereocenters. The molecule has 1 fully saturated rings. The summed E-state index contributed by atoms with van der Waals surface area (Å²) in [5.41, 5.74) is 0.265. The van der Waals surface area contributed by atoms with Gasteiger partial charge in [0.2, 0.25) is 0 Å². The van der Waals surface area contributed by atoms with E-state index < -0.39 is 5.60 Å². The van der Waals surface area contributed by atoms with Crippen molar-refractivity contribution >= 4 is 0 Å². The van der Waals surface area contributed by atoms with Gasteiger partial charge in [-0.05, 0) is 43.7 Å². The number of aliphatic hydroxyl groups is 1. The summed E-state index contributed by atoms with van der Waals surface area (Å²) in [7, 11) is 0. The lowest BCUT2D eigenvalue weighted by Crippen LogP contribution is -2.47. The molecule has 0 bridgehead atoms. The molecular formula is C16H19N5O2. The first-order chi connectivity index (χ1) is 11.2. The molecule has 0 spiro atoms. The number of nitriles is 1. The highest BCUT2D eigenvalue weighted by molar-refractivity contribution is 5.34. The van der Waals surface area contributed by atoms with Crippen molar-refractivity contribution in [2.45, 2.75) is 18.4 Å². The third-order valence-electron chi connectivity index (χ3n) is 4.10. The summed E-state index contributed by atoms with van der Waals surface area (Å²) >= 11 is 0. The third kappa shape index (κ3) is 3.67. The van der Waals surface area contributed by atoms with E-state index in [9.17, 15) is 5.11 Å². The number of ether oxygens (including phenoxy) is 1. The average Bonchev–Trinajstić information content (AvgIpc) is 3.11. The maximum Gasteiger partial charge on any atom is 0.123 e. The quantitative estimate of drug-likeness (QED) is 0.856. The second kappa shape index (κ2) is 6.77. The lowest BCUT2D eigenvalue weighted by molar-refractivity contribution is -0.0412. The van der Waals surface area contributed by atoms with Crippen LogP contribution in [0.2, 0.25) is 0 Å². The Kier molecular flexibility index (Phi) is 4.55. The number of nitrogens with zero attached hydrogens (tertiary/aromatic N) is 4. The first-order valence-electron chi connectivity index (χ1n) is 7.63. The molecule has 1 aromatic carbocycles. The number of hydrogen-bond donors (Lipinski definition) is 2. The van der Waals surface area contributed by atoms with Gasteiger partial charge in [-0.1, -0.05) is 0 Å². The highest BCUT2D eigenvalue weighted by Gasteiger charge is 2.36. The highest BCUT2D eigenvalue weighted by Crippen LogP contribution is 2.29. The Balaban J connectivity index is 1.51. The fourth-order valence-electron chi connectivity index (χ4n) is 2.87. The van der Waals surface area contributed by atoms with Gasteiger partial charge in [-0.3, -0.25) is 4.90 Å². The van der Waals surface area contributed by atoms with Crippen LogP contribution >= 0.6 is 0 Å². The van der Waals surface area contributed by atoms with Gasteiger partial charge in [0.15, 0.2) is 0 Å². The molecule has 1 aliphatic rings. The number of rotatable bonds is 5. The summed E-state index contributed by atoms with van der Waals surface area (Å²) in [4.78, 5) is 2.17. The van der Waals surface area contributed by atoms with Crippen LogP contribution in [0.25, 0.3) is 0 Å². The average molecular weight is 313 g/mol. The second-order valence-electron chi connectivity index (χ2n) is 5.75. The van der Waals surface area contributed by atoms with Crippen LogP contribution in [-0.2, 0) is 5.60 Å². The van der Waals surface area contributed by atoms with Gasteiger partial charge in [0.25, 0.3) is 0 Å². The maximum atomic E-state index is 10.7. The Bertz CT molecular complexity index is 665. The van der Waals surface area contributed by atoms with E-state index in [0.29, 0.717) is 30.8 Å². The zero-order valence-corrected chi connectivity index (χ0v) is 12.8. The van der Waals surface area contributed by atoms with Crippen molar-refractivity contribution < 1.29 is 9.84 Å². The number of nitrogens with one attached hydrogen (secondary N) is 1. The van der Waals surface area contributed by atoms with Gasteiger partial charge < -0.3 is 9.84 Å². The molecule has 0 radical (unpaired) electrons. The Morgan fingerprint density at radius 3 is 2.91 bits per heavy atom. The van der Waals surface area contributed by atoms with Crippen molar-refractivity contribution in [1.29, 1.82) is 5.26 Å². The molecule has 7 nitrogen and oxygen atoms in total. The first-order valence-corrected chi connectivity index (χ1v) is 7.63. The lowest BCUT2D eigenvalue weighted by Gasteiger charge is -2.37. The Morgan fingerprint density at radius 1 is 1.39 bits per heavy atom. The molecule has 23 heavy (non-hydrogen) atoms. The monoisotopic (exact) mass is 313 g/mol. The fourth-order valence-corrected chi connectivity index (χ4v) is 2.87. The van der Waals surface area contributed by atoms with Crippen LogP contribution in [0.3, 0.4) is 0 Å². The summed E-state index contributed by atoms with van der Waals surface area (Å²) in [5, 5.41) is 29.9. The first kappa shape index (κ1) is 15.5. The summed E-state index contributed by atoms with van der Waals surface area (Å²) in [6, 6.07) is 9.13. The molecule has 0 aliphatic carbocycles. The van der Waals surface area contributed by atoms with E-state index in [2.05, 4.69) is 26.4 Å². The molecule has 0 saturated carbocycles. The molecule has 3 rings (SSSR count). The van der Waals surface area contributed by atoms with Gasteiger partial charge in [0, 0.05) is 13.1 Å². The second-order valence-corrected chi connectivity index (χ2v) is 5.75. The molecule has 1 aliphatic heterocycles. The standard InChI is InChI=1S/C16H19N5O2/c17-10-13-2-4-14(5-3-13)23-9-8-21-7-1-6-16(22,12-21)15-11-18-20-19-15/h2-5,11,22H,1,6-9,12H2,(H,18,19,20)/t16-/m0/s1. The van der Waals surface area contributed by atoms with E-state index in [4.69, 9.17) is 10.00 Å². The summed E-state index contributed by atoms with van der Waals surface area (Å²) in [6.45, 7) is 2.70. The molecule has 2 N–H and O–H groups in total. The van der Waals surface area contributed by atoms with E-state index in [1.165, 1.54) is 0 Å². The minimum atomic E-state index is -0.945. The van der Waals surface area contributed by atoms with Gasteiger partial charge >= 0.3 is 0 Å².